The van der Waals surface area contributed by atoms with Crippen LogP contribution in [0.5, 0.6) is 11.5 Å². The molecule has 0 saturated carbocycles. The standard InChI is InChI=1S/C26H27ClN2O2/c1-2-30-26-15-20(9-12-25(26)31-18-19-7-10-22(27)11-8-19)16-28-14-13-21-17-29-24-6-4-3-5-23(21)24/h3-12,15,17,28-29H,2,13-14,16,18H2,1H3. The molecule has 0 aliphatic heterocycles. The fraction of sp³-hybridized carbons (Fsp3) is 0.231. The Balaban J connectivity index is 1.32. The number of ether oxygens (including phenoxy) is 2. The molecule has 0 saturated heterocycles. The highest BCUT2D eigenvalue weighted by Gasteiger charge is 2.08. The molecule has 0 amide bonds. The average Bonchev–Trinajstić information content (AvgIpc) is 3.20. The molecule has 4 aromatic rings. The zero-order chi connectivity index (χ0) is 21.5. The van der Waals surface area contributed by atoms with E-state index < -0.39 is 0 Å². The molecule has 4 nitrogen and oxygen atoms in total. The van der Waals surface area contributed by atoms with E-state index in [0.29, 0.717) is 13.2 Å². The van der Waals surface area contributed by atoms with Crippen molar-refractivity contribution >= 4 is 22.5 Å². The highest BCUT2D eigenvalue weighted by molar-refractivity contribution is 6.30. The molecule has 1 heterocycles. The minimum Gasteiger partial charge on any atom is -0.490 e. The van der Waals surface area contributed by atoms with Gasteiger partial charge in [-0.3, -0.25) is 0 Å². The third kappa shape index (κ3) is 5.60. The minimum absolute atomic E-state index is 0.472. The van der Waals surface area contributed by atoms with E-state index in [9.17, 15) is 0 Å². The van der Waals surface area contributed by atoms with Crippen LogP contribution in [0, 0.1) is 0 Å². The molecule has 1 aromatic heterocycles. The smallest absolute Gasteiger partial charge is 0.161 e. The van der Waals surface area contributed by atoms with Crippen molar-refractivity contribution < 1.29 is 9.47 Å². The molecule has 0 atom stereocenters. The Hall–Kier alpha value is -2.95. The largest absolute Gasteiger partial charge is 0.490 e. The molecule has 0 fully saturated rings. The summed E-state index contributed by atoms with van der Waals surface area (Å²) in [7, 11) is 0. The number of hydrogen-bond donors (Lipinski definition) is 2. The van der Waals surface area contributed by atoms with Crippen molar-refractivity contribution in [3.8, 4) is 11.5 Å². The Bertz CT molecular complexity index is 1120. The van der Waals surface area contributed by atoms with Crippen LogP contribution < -0.4 is 14.8 Å². The Labute approximate surface area is 188 Å². The van der Waals surface area contributed by atoms with Crippen molar-refractivity contribution in [3.63, 3.8) is 0 Å². The maximum Gasteiger partial charge on any atom is 0.161 e. The van der Waals surface area contributed by atoms with Crippen molar-refractivity contribution in [1.29, 1.82) is 0 Å². The normalized spacial score (nSPS) is 11.0. The zero-order valence-corrected chi connectivity index (χ0v) is 18.4. The summed E-state index contributed by atoms with van der Waals surface area (Å²) in [6.07, 6.45) is 3.08. The van der Waals surface area contributed by atoms with Crippen molar-refractivity contribution in [3.05, 3.63) is 94.6 Å². The first-order valence-electron chi connectivity index (χ1n) is 10.6. The van der Waals surface area contributed by atoms with Crippen molar-refractivity contribution in [2.24, 2.45) is 0 Å². The van der Waals surface area contributed by atoms with Crippen LogP contribution in [0.25, 0.3) is 10.9 Å². The predicted molar refractivity (Wildman–Crippen MR) is 127 cm³/mol. The summed E-state index contributed by atoms with van der Waals surface area (Å²) in [6, 6.07) is 22.2. The fourth-order valence-corrected chi connectivity index (χ4v) is 3.71. The molecule has 5 heteroatoms. The van der Waals surface area contributed by atoms with Gasteiger partial charge in [0, 0.05) is 28.7 Å². The van der Waals surface area contributed by atoms with E-state index in [1.807, 2.05) is 37.3 Å². The summed E-state index contributed by atoms with van der Waals surface area (Å²) in [5.74, 6) is 1.52. The van der Waals surface area contributed by atoms with Gasteiger partial charge in [0.05, 0.1) is 6.61 Å². The molecule has 0 aliphatic rings. The third-order valence-corrected chi connectivity index (χ3v) is 5.44. The zero-order valence-electron chi connectivity index (χ0n) is 17.7. The number of para-hydroxylation sites is 1. The van der Waals surface area contributed by atoms with Crippen LogP contribution in [-0.2, 0) is 19.6 Å². The highest BCUT2D eigenvalue weighted by atomic mass is 35.5. The number of aromatic nitrogens is 1. The maximum absolute atomic E-state index is 5.99. The lowest BCUT2D eigenvalue weighted by atomic mass is 10.1. The summed E-state index contributed by atoms with van der Waals surface area (Å²) in [5.41, 5.74) is 4.76. The summed E-state index contributed by atoms with van der Waals surface area (Å²) in [5, 5.41) is 5.55. The van der Waals surface area contributed by atoms with Crippen LogP contribution in [0.2, 0.25) is 5.02 Å². The monoisotopic (exact) mass is 434 g/mol. The first-order valence-corrected chi connectivity index (χ1v) is 11.0. The summed E-state index contributed by atoms with van der Waals surface area (Å²) in [4.78, 5) is 3.34. The SMILES string of the molecule is CCOc1cc(CNCCc2c[nH]c3ccccc23)ccc1OCc1ccc(Cl)cc1. The number of H-pyrrole nitrogens is 1. The number of benzene rings is 3. The molecule has 4 rings (SSSR count). The Morgan fingerprint density at radius 2 is 1.71 bits per heavy atom. The second-order valence-corrected chi connectivity index (χ2v) is 7.85. The minimum atomic E-state index is 0.472. The topological polar surface area (TPSA) is 46.3 Å². The third-order valence-electron chi connectivity index (χ3n) is 5.19. The van der Waals surface area contributed by atoms with Gasteiger partial charge in [-0.05, 0) is 66.9 Å². The number of nitrogens with one attached hydrogen (secondary N) is 2. The van der Waals surface area contributed by atoms with E-state index in [1.54, 1.807) is 0 Å². The number of halogens is 1. The molecule has 0 aliphatic carbocycles. The van der Waals surface area contributed by atoms with Gasteiger partial charge < -0.3 is 19.8 Å². The molecule has 3 aromatic carbocycles. The molecule has 0 bridgehead atoms. The van der Waals surface area contributed by atoms with Gasteiger partial charge in [-0.15, -0.1) is 0 Å². The average molecular weight is 435 g/mol. The first-order chi connectivity index (χ1) is 15.2. The predicted octanol–water partition coefficient (Wildman–Crippen LogP) is 6.13. The second-order valence-electron chi connectivity index (χ2n) is 7.42. The van der Waals surface area contributed by atoms with Gasteiger partial charge >= 0.3 is 0 Å². The van der Waals surface area contributed by atoms with Crippen LogP contribution in [-0.4, -0.2) is 18.1 Å². The van der Waals surface area contributed by atoms with E-state index in [4.69, 9.17) is 21.1 Å². The summed E-state index contributed by atoms with van der Waals surface area (Å²) >= 11 is 5.95. The lowest BCUT2D eigenvalue weighted by molar-refractivity contribution is 0.269. The van der Waals surface area contributed by atoms with Crippen LogP contribution >= 0.6 is 11.6 Å². The fourth-order valence-electron chi connectivity index (χ4n) is 3.59. The van der Waals surface area contributed by atoms with E-state index in [2.05, 4.69) is 52.9 Å². The van der Waals surface area contributed by atoms with Crippen LogP contribution in [0.4, 0.5) is 0 Å². The Kier molecular flexibility index (Phi) is 7.13. The maximum atomic E-state index is 5.99. The number of rotatable bonds is 10. The van der Waals surface area contributed by atoms with Crippen molar-refractivity contribution in [1.82, 2.24) is 10.3 Å². The molecule has 2 N–H and O–H groups in total. The highest BCUT2D eigenvalue weighted by Crippen LogP contribution is 2.29. The lowest BCUT2D eigenvalue weighted by Crippen LogP contribution is -2.16. The van der Waals surface area contributed by atoms with Gasteiger partial charge in [0.25, 0.3) is 0 Å². The van der Waals surface area contributed by atoms with Crippen LogP contribution in [0.3, 0.4) is 0 Å². The van der Waals surface area contributed by atoms with Crippen LogP contribution in [0.15, 0.2) is 72.9 Å². The quantitative estimate of drug-likeness (QED) is 0.295. The number of hydrogen-bond acceptors (Lipinski definition) is 3. The molecular weight excluding hydrogens is 408 g/mol. The molecule has 31 heavy (non-hydrogen) atoms. The van der Waals surface area contributed by atoms with Gasteiger partial charge in [0.2, 0.25) is 0 Å². The lowest BCUT2D eigenvalue weighted by Gasteiger charge is -2.14. The van der Waals surface area contributed by atoms with E-state index >= 15 is 0 Å². The number of fused-ring (bicyclic) bond motifs is 1. The molecule has 160 valence electrons. The summed E-state index contributed by atoms with van der Waals surface area (Å²) < 4.78 is 11.8. The van der Waals surface area contributed by atoms with Crippen LogP contribution in [0.1, 0.15) is 23.6 Å². The van der Waals surface area contributed by atoms with Crippen molar-refractivity contribution in [2.45, 2.75) is 26.5 Å². The van der Waals surface area contributed by atoms with Gasteiger partial charge in [-0.25, -0.2) is 0 Å². The van der Waals surface area contributed by atoms with Crippen molar-refractivity contribution in [2.75, 3.05) is 13.2 Å². The second kappa shape index (κ2) is 10.4. The first kappa shape index (κ1) is 21.3. The molecule has 0 radical (unpaired) electrons. The number of aromatic amines is 1. The van der Waals surface area contributed by atoms with Gasteiger partial charge in [-0.1, -0.05) is 48.0 Å². The Morgan fingerprint density at radius 3 is 2.55 bits per heavy atom. The van der Waals surface area contributed by atoms with E-state index in [0.717, 1.165) is 41.6 Å². The molecule has 0 unspecified atom stereocenters. The van der Waals surface area contributed by atoms with Gasteiger partial charge in [0.1, 0.15) is 6.61 Å². The Morgan fingerprint density at radius 1 is 0.903 bits per heavy atom. The molecule has 0 spiro atoms. The van der Waals surface area contributed by atoms with E-state index in [1.165, 1.54) is 22.0 Å². The van der Waals surface area contributed by atoms with Gasteiger partial charge in [0.15, 0.2) is 11.5 Å². The van der Waals surface area contributed by atoms with E-state index in [-0.39, 0.29) is 0 Å². The van der Waals surface area contributed by atoms with Gasteiger partial charge in [-0.2, -0.15) is 0 Å². The summed E-state index contributed by atoms with van der Waals surface area (Å²) in [6.45, 7) is 4.73. The molecular formula is C26H27ClN2O2.